The Morgan fingerprint density at radius 3 is 2.50 bits per heavy atom. The summed E-state index contributed by atoms with van der Waals surface area (Å²) in [6.45, 7) is 0. The maximum absolute atomic E-state index is 12.8. The van der Waals surface area contributed by atoms with Gasteiger partial charge in [0, 0.05) is 10.6 Å². The van der Waals surface area contributed by atoms with E-state index >= 15 is 0 Å². The first kappa shape index (κ1) is 14.4. The molecule has 0 aliphatic rings. The number of nitrogens with one attached hydrogen (secondary N) is 1. The Morgan fingerprint density at radius 2 is 1.80 bits per heavy atom. The SMILES string of the molecule is FC(F)(F)c1ccccc1/C=N\Nc1cccc(Cl)c1. The molecule has 0 unspecified atom stereocenters. The van der Waals surface area contributed by atoms with E-state index in [-0.39, 0.29) is 5.56 Å². The number of anilines is 1. The van der Waals surface area contributed by atoms with Gasteiger partial charge in [-0.15, -0.1) is 0 Å². The third-order valence-corrected chi connectivity index (χ3v) is 2.72. The van der Waals surface area contributed by atoms with Crippen LogP contribution in [0.4, 0.5) is 18.9 Å². The Kier molecular flexibility index (Phi) is 4.29. The van der Waals surface area contributed by atoms with Gasteiger partial charge in [0.1, 0.15) is 0 Å². The Bertz CT molecular complexity index is 624. The number of benzene rings is 2. The van der Waals surface area contributed by atoms with Crippen molar-refractivity contribution in [2.45, 2.75) is 6.18 Å². The molecule has 20 heavy (non-hydrogen) atoms. The average molecular weight is 299 g/mol. The van der Waals surface area contributed by atoms with E-state index in [1.165, 1.54) is 18.2 Å². The van der Waals surface area contributed by atoms with Gasteiger partial charge in [-0.2, -0.15) is 18.3 Å². The summed E-state index contributed by atoms with van der Waals surface area (Å²) in [5.41, 5.74) is 2.50. The Hall–Kier alpha value is -2.01. The summed E-state index contributed by atoms with van der Waals surface area (Å²) in [6, 6.07) is 12.0. The van der Waals surface area contributed by atoms with Crippen LogP contribution in [0.2, 0.25) is 5.02 Å². The van der Waals surface area contributed by atoms with Crippen LogP contribution in [0.15, 0.2) is 53.6 Å². The Labute approximate surface area is 118 Å². The second-order valence-corrected chi connectivity index (χ2v) is 4.40. The zero-order valence-electron chi connectivity index (χ0n) is 10.2. The Morgan fingerprint density at radius 1 is 1.05 bits per heavy atom. The lowest BCUT2D eigenvalue weighted by molar-refractivity contribution is -0.137. The highest BCUT2D eigenvalue weighted by molar-refractivity contribution is 6.30. The lowest BCUT2D eigenvalue weighted by Gasteiger charge is -2.09. The van der Waals surface area contributed by atoms with E-state index in [1.54, 1.807) is 24.3 Å². The average Bonchev–Trinajstić information content (AvgIpc) is 2.38. The van der Waals surface area contributed by atoms with E-state index in [9.17, 15) is 13.2 Å². The third kappa shape index (κ3) is 3.74. The minimum absolute atomic E-state index is 0.00507. The fourth-order valence-electron chi connectivity index (χ4n) is 1.60. The highest BCUT2D eigenvalue weighted by Gasteiger charge is 2.32. The first-order valence-corrected chi connectivity index (χ1v) is 6.05. The molecule has 2 nitrogen and oxygen atoms in total. The summed E-state index contributed by atoms with van der Waals surface area (Å²) in [4.78, 5) is 0. The van der Waals surface area contributed by atoms with Gasteiger partial charge < -0.3 is 0 Å². The molecule has 104 valence electrons. The van der Waals surface area contributed by atoms with Gasteiger partial charge in [0.25, 0.3) is 0 Å². The van der Waals surface area contributed by atoms with Crippen LogP contribution in [0.1, 0.15) is 11.1 Å². The van der Waals surface area contributed by atoms with Crippen molar-refractivity contribution in [3.8, 4) is 0 Å². The highest BCUT2D eigenvalue weighted by atomic mass is 35.5. The van der Waals surface area contributed by atoms with Crippen LogP contribution in [0.25, 0.3) is 0 Å². The molecule has 2 rings (SSSR count). The summed E-state index contributed by atoms with van der Waals surface area (Å²) >= 11 is 5.79. The molecule has 0 radical (unpaired) electrons. The maximum Gasteiger partial charge on any atom is 0.417 e. The van der Waals surface area contributed by atoms with Crippen LogP contribution in [0, 0.1) is 0 Å². The number of hydrogen-bond donors (Lipinski definition) is 1. The number of alkyl halides is 3. The molecule has 0 bridgehead atoms. The predicted molar refractivity (Wildman–Crippen MR) is 74.1 cm³/mol. The molecule has 1 N–H and O–H groups in total. The van der Waals surface area contributed by atoms with Gasteiger partial charge in [0.15, 0.2) is 0 Å². The van der Waals surface area contributed by atoms with Crippen molar-refractivity contribution in [3.63, 3.8) is 0 Å². The lowest BCUT2D eigenvalue weighted by Crippen LogP contribution is -2.08. The van der Waals surface area contributed by atoms with Crippen LogP contribution in [0.5, 0.6) is 0 Å². The zero-order chi connectivity index (χ0) is 14.6. The van der Waals surface area contributed by atoms with Gasteiger partial charge in [0.2, 0.25) is 0 Å². The maximum atomic E-state index is 12.8. The molecule has 0 heterocycles. The zero-order valence-corrected chi connectivity index (χ0v) is 10.9. The van der Waals surface area contributed by atoms with Gasteiger partial charge in [-0.25, -0.2) is 0 Å². The van der Waals surface area contributed by atoms with Crippen LogP contribution in [0.3, 0.4) is 0 Å². The minimum Gasteiger partial charge on any atom is -0.278 e. The van der Waals surface area contributed by atoms with E-state index in [0.29, 0.717) is 10.7 Å². The fraction of sp³-hybridized carbons (Fsp3) is 0.0714. The number of halogens is 4. The molecular weight excluding hydrogens is 289 g/mol. The van der Waals surface area contributed by atoms with Crippen molar-refractivity contribution >= 4 is 23.5 Å². The van der Waals surface area contributed by atoms with Crippen molar-refractivity contribution in [2.75, 3.05) is 5.43 Å². The van der Waals surface area contributed by atoms with Crippen LogP contribution >= 0.6 is 11.6 Å². The first-order chi connectivity index (χ1) is 9.47. The number of hydrogen-bond acceptors (Lipinski definition) is 2. The third-order valence-electron chi connectivity index (χ3n) is 2.49. The van der Waals surface area contributed by atoms with E-state index in [0.717, 1.165) is 12.3 Å². The van der Waals surface area contributed by atoms with Crippen molar-refractivity contribution < 1.29 is 13.2 Å². The largest absolute Gasteiger partial charge is 0.417 e. The minimum atomic E-state index is -4.40. The van der Waals surface area contributed by atoms with Gasteiger partial charge in [-0.3, -0.25) is 5.43 Å². The first-order valence-electron chi connectivity index (χ1n) is 5.68. The molecular formula is C14H10ClF3N2. The van der Waals surface area contributed by atoms with Crippen molar-refractivity contribution in [1.29, 1.82) is 0 Å². The molecule has 0 aliphatic heterocycles. The van der Waals surface area contributed by atoms with Crippen molar-refractivity contribution in [1.82, 2.24) is 0 Å². The molecule has 2 aromatic rings. The van der Waals surface area contributed by atoms with Gasteiger partial charge in [-0.05, 0) is 24.3 Å². The van der Waals surface area contributed by atoms with Crippen molar-refractivity contribution in [2.24, 2.45) is 5.10 Å². The van der Waals surface area contributed by atoms with Gasteiger partial charge >= 0.3 is 6.18 Å². The van der Waals surface area contributed by atoms with E-state index < -0.39 is 11.7 Å². The molecule has 6 heteroatoms. The molecule has 0 aromatic heterocycles. The second kappa shape index (κ2) is 5.96. The van der Waals surface area contributed by atoms with E-state index in [4.69, 9.17) is 11.6 Å². The van der Waals surface area contributed by atoms with Crippen molar-refractivity contribution in [3.05, 3.63) is 64.7 Å². The molecule has 0 atom stereocenters. The van der Waals surface area contributed by atoms with Crippen LogP contribution in [-0.2, 0) is 6.18 Å². The van der Waals surface area contributed by atoms with Crippen LogP contribution < -0.4 is 5.43 Å². The highest BCUT2D eigenvalue weighted by Crippen LogP contribution is 2.31. The lowest BCUT2D eigenvalue weighted by atomic mass is 10.1. The molecule has 0 spiro atoms. The Balaban J connectivity index is 2.16. The summed E-state index contributed by atoms with van der Waals surface area (Å²) in [5, 5.41) is 4.31. The summed E-state index contributed by atoms with van der Waals surface area (Å²) < 4.78 is 38.3. The molecule has 0 saturated heterocycles. The predicted octanol–water partition coefficient (Wildman–Crippen LogP) is 4.80. The molecule has 2 aromatic carbocycles. The smallest absolute Gasteiger partial charge is 0.278 e. The summed E-state index contributed by atoms with van der Waals surface area (Å²) in [6.07, 6.45) is -3.28. The topological polar surface area (TPSA) is 24.4 Å². The standard InChI is InChI=1S/C14H10ClF3N2/c15-11-5-3-6-12(8-11)20-19-9-10-4-1-2-7-13(10)14(16,17)18/h1-9,20H/b19-9-. The molecule has 0 amide bonds. The van der Waals surface area contributed by atoms with Gasteiger partial charge in [-0.1, -0.05) is 35.9 Å². The summed E-state index contributed by atoms with van der Waals surface area (Å²) in [7, 11) is 0. The quantitative estimate of drug-likeness (QED) is 0.638. The summed E-state index contributed by atoms with van der Waals surface area (Å²) in [5.74, 6) is 0. The number of hydrazone groups is 1. The van der Waals surface area contributed by atoms with Gasteiger partial charge in [0.05, 0.1) is 17.5 Å². The normalized spacial score (nSPS) is 11.8. The number of nitrogens with zero attached hydrogens (tertiary/aromatic N) is 1. The van der Waals surface area contributed by atoms with E-state index in [2.05, 4.69) is 10.5 Å². The fourth-order valence-corrected chi connectivity index (χ4v) is 1.79. The number of rotatable bonds is 3. The van der Waals surface area contributed by atoms with Crippen LogP contribution in [-0.4, -0.2) is 6.21 Å². The molecule has 0 fully saturated rings. The second-order valence-electron chi connectivity index (χ2n) is 3.97. The molecule has 0 saturated carbocycles. The monoisotopic (exact) mass is 298 g/mol. The molecule has 0 aliphatic carbocycles. The van der Waals surface area contributed by atoms with E-state index in [1.807, 2.05) is 0 Å².